The number of aliphatic hydroxyl groups is 1. The fourth-order valence-corrected chi connectivity index (χ4v) is 10.0. The highest BCUT2D eigenvalue weighted by Gasteiger charge is 2.37. The molecule has 0 aromatic rings. The van der Waals surface area contributed by atoms with Crippen molar-refractivity contribution >= 4 is 65.0 Å². The van der Waals surface area contributed by atoms with Gasteiger partial charge in [0, 0.05) is 6.54 Å². The van der Waals surface area contributed by atoms with Gasteiger partial charge in [0.2, 0.25) is 59.1 Å². The second kappa shape index (κ2) is 41.8. The van der Waals surface area contributed by atoms with Crippen LogP contribution < -0.4 is 82.3 Å². The Balaban J connectivity index is 3.68. The number of rotatable bonds is 43. The molecule has 0 spiro atoms. The summed E-state index contributed by atoms with van der Waals surface area (Å²) in [5, 5.41) is 35.5. The SMILES string of the molecule is CC[C@H](C)C[C@H](NC(=O)[C@H](CCCN=C(N)N)NC(=O)[C@H](CCCCN)NC(=O)[C@H](CC(C)C)NC(=O)[C@H](CC(C)C)NC(=O)CN)C(=O)N[C@@H](CCCCN)C(=O)N[C@H](C(=O)N[C@@H](CC1CCCCC1)C(=O)N[C@@H](CC(C)C)C(N)=O)[C@@H](C)O. The van der Waals surface area contributed by atoms with E-state index < -0.39 is 120 Å². The van der Waals surface area contributed by atoms with Gasteiger partial charge in [0.25, 0.3) is 0 Å². The number of aliphatic hydroxyl groups excluding tert-OH is 1. The molecule has 1 saturated carbocycles. The number of aliphatic imine (C=N–C) groups is 1. The minimum atomic E-state index is -1.62. The van der Waals surface area contributed by atoms with Gasteiger partial charge in [-0.2, -0.15) is 0 Å². The van der Waals surface area contributed by atoms with E-state index >= 15 is 0 Å². The van der Waals surface area contributed by atoms with Crippen LogP contribution in [0.1, 0.15) is 184 Å². The number of nitrogens with two attached hydrogens (primary N) is 6. The lowest BCUT2D eigenvalue weighted by molar-refractivity contribution is -0.137. The molecule has 1 fully saturated rings. The third-order valence-electron chi connectivity index (χ3n) is 14.9. The predicted octanol–water partition coefficient (Wildman–Crippen LogP) is -0.969. The topological polar surface area (TPSA) is 468 Å². The molecule has 1 rings (SSSR count). The summed E-state index contributed by atoms with van der Waals surface area (Å²) in [4.78, 5) is 143. The molecule has 0 bridgehead atoms. The van der Waals surface area contributed by atoms with E-state index in [0.717, 1.165) is 32.1 Å². The monoisotopic (exact) mass is 1210 g/mol. The Bertz CT molecular complexity index is 2120. The number of hydrogen-bond acceptors (Lipinski definition) is 15. The van der Waals surface area contributed by atoms with Gasteiger partial charge in [0.05, 0.1) is 12.6 Å². The van der Waals surface area contributed by atoms with Gasteiger partial charge in [-0.15, -0.1) is 0 Å². The molecular weight excluding hydrogens is 1100 g/mol. The number of nitrogens with one attached hydrogen (secondary N) is 9. The highest BCUT2D eigenvalue weighted by atomic mass is 16.3. The van der Waals surface area contributed by atoms with Crippen molar-refractivity contribution < 1.29 is 53.1 Å². The molecule has 0 radical (unpaired) electrons. The molecule has 0 heterocycles. The van der Waals surface area contributed by atoms with Gasteiger partial charge in [0.15, 0.2) is 5.96 Å². The lowest BCUT2D eigenvalue weighted by Crippen LogP contribution is -2.62. The molecule has 11 atom stereocenters. The summed E-state index contributed by atoms with van der Waals surface area (Å²) in [7, 11) is 0. The zero-order valence-electron chi connectivity index (χ0n) is 52.4. The molecule has 27 heteroatoms. The number of nitrogens with zero attached hydrogens (tertiary/aromatic N) is 1. The van der Waals surface area contributed by atoms with E-state index in [9.17, 15) is 53.1 Å². The first kappa shape index (κ1) is 76.8. The maximum absolute atomic E-state index is 14.6. The van der Waals surface area contributed by atoms with Crippen LogP contribution in [-0.4, -0.2) is 157 Å². The number of hydrogen-bond donors (Lipinski definition) is 16. The molecule has 27 nitrogen and oxygen atoms in total. The second-order valence-electron chi connectivity index (χ2n) is 24.3. The summed E-state index contributed by atoms with van der Waals surface area (Å²) < 4.78 is 0. The molecular formula is C58H110N16O11. The van der Waals surface area contributed by atoms with Gasteiger partial charge in [-0.3, -0.25) is 52.9 Å². The Morgan fingerprint density at radius 3 is 1.25 bits per heavy atom. The molecule has 0 aromatic carbocycles. The average Bonchev–Trinajstić information content (AvgIpc) is 3.63. The maximum Gasteiger partial charge on any atom is 0.245 e. The van der Waals surface area contributed by atoms with Crippen molar-refractivity contribution in [3.05, 3.63) is 0 Å². The van der Waals surface area contributed by atoms with Crippen LogP contribution in [0.15, 0.2) is 4.99 Å². The zero-order valence-corrected chi connectivity index (χ0v) is 52.4. The van der Waals surface area contributed by atoms with Crippen molar-refractivity contribution in [2.45, 2.75) is 245 Å². The standard InChI is InChI=1S/C58H110N16O11/c1-10-36(8)30-45(55(83)69-40(22-15-17-25-60)52(80)74-48(37(9)75)57(85)73-46(31-38-19-12-11-13-20-38)56(84)70-42(49(62)77)27-33(2)3)72-51(79)41(23-18-26-65-58(63)64)67-50(78)39(21-14-16-24-59)68-54(82)44(29-35(6)7)71-53(81)43(28-34(4)5)66-47(76)32-61/h33-46,48,75H,10-32,59-61H2,1-9H3,(H2,62,77)(H,66,76)(H,67,78)(H,68,82)(H,69,83)(H,70,84)(H,71,81)(H,72,79)(H,73,85)(H,74,80)(H4,63,64,65)/t36-,37+,39-,40-,41-,42-,43-,44-,45-,46-,48-/m0/s1. The molecule has 488 valence electrons. The molecule has 22 N–H and O–H groups in total. The van der Waals surface area contributed by atoms with Crippen molar-refractivity contribution in [1.82, 2.24) is 47.9 Å². The van der Waals surface area contributed by atoms with E-state index in [-0.39, 0.29) is 120 Å². The van der Waals surface area contributed by atoms with Gasteiger partial charge in [0.1, 0.15) is 54.4 Å². The molecule has 0 saturated heterocycles. The third kappa shape index (κ3) is 31.7. The van der Waals surface area contributed by atoms with E-state index in [1.54, 1.807) is 0 Å². The van der Waals surface area contributed by atoms with Crippen LogP contribution in [0.3, 0.4) is 0 Å². The van der Waals surface area contributed by atoms with Crippen molar-refractivity contribution in [3.63, 3.8) is 0 Å². The van der Waals surface area contributed by atoms with Crippen LogP contribution in [0.25, 0.3) is 0 Å². The lowest BCUT2D eigenvalue weighted by atomic mass is 9.84. The number of amides is 10. The highest BCUT2D eigenvalue weighted by Crippen LogP contribution is 2.28. The Hall–Kier alpha value is -6.19. The van der Waals surface area contributed by atoms with E-state index in [0.29, 0.717) is 32.1 Å². The number of primary amides is 1. The molecule has 0 aromatic heterocycles. The summed E-state index contributed by atoms with van der Waals surface area (Å²) in [6.07, 6.45) is 6.49. The first-order chi connectivity index (χ1) is 40.1. The minimum absolute atomic E-state index is 0.00233. The normalized spacial score (nSPS) is 16.6. The van der Waals surface area contributed by atoms with Crippen LogP contribution in [0.4, 0.5) is 0 Å². The number of guanidine groups is 1. The average molecular weight is 1210 g/mol. The van der Waals surface area contributed by atoms with Crippen LogP contribution in [0, 0.1) is 29.6 Å². The van der Waals surface area contributed by atoms with Gasteiger partial charge in [-0.05, 0) is 133 Å². The number of unbranched alkanes of at least 4 members (excludes halogenated alkanes) is 2. The highest BCUT2D eigenvalue weighted by molar-refractivity contribution is 5.98. The fourth-order valence-electron chi connectivity index (χ4n) is 10.0. The fraction of sp³-hybridized carbons (Fsp3) is 0.810. The largest absolute Gasteiger partial charge is 0.391 e. The third-order valence-corrected chi connectivity index (χ3v) is 14.9. The lowest BCUT2D eigenvalue weighted by Gasteiger charge is -2.31. The Kier molecular flexibility index (Phi) is 37.8. The van der Waals surface area contributed by atoms with Crippen molar-refractivity contribution in [3.8, 4) is 0 Å². The van der Waals surface area contributed by atoms with E-state index in [1.165, 1.54) is 6.92 Å². The predicted molar refractivity (Wildman–Crippen MR) is 327 cm³/mol. The summed E-state index contributed by atoms with van der Waals surface area (Å²) in [5.74, 6) is -7.71. The van der Waals surface area contributed by atoms with Crippen LogP contribution in [-0.2, 0) is 47.9 Å². The van der Waals surface area contributed by atoms with Gasteiger partial charge < -0.3 is 87.4 Å². The summed E-state index contributed by atoms with van der Waals surface area (Å²) in [5.41, 5.74) is 34.0. The first-order valence-electron chi connectivity index (χ1n) is 30.9. The van der Waals surface area contributed by atoms with E-state index in [1.807, 2.05) is 55.4 Å². The summed E-state index contributed by atoms with van der Waals surface area (Å²) in [6, 6.07) is -11.1. The molecule has 1 aliphatic carbocycles. The quantitative estimate of drug-likeness (QED) is 0.0198. The van der Waals surface area contributed by atoms with E-state index in [4.69, 9.17) is 34.4 Å². The summed E-state index contributed by atoms with van der Waals surface area (Å²) >= 11 is 0. The molecule has 1 aliphatic rings. The Morgan fingerprint density at radius 2 is 0.835 bits per heavy atom. The Labute approximate surface area is 504 Å². The smallest absolute Gasteiger partial charge is 0.245 e. The molecule has 85 heavy (non-hydrogen) atoms. The second-order valence-corrected chi connectivity index (χ2v) is 24.3. The number of carbonyl (C=O) groups excluding carboxylic acids is 10. The van der Waals surface area contributed by atoms with Gasteiger partial charge >= 0.3 is 0 Å². The van der Waals surface area contributed by atoms with E-state index in [2.05, 4.69) is 52.8 Å². The van der Waals surface area contributed by atoms with Crippen LogP contribution in [0.5, 0.6) is 0 Å². The summed E-state index contributed by atoms with van der Waals surface area (Å²) in [6.45, 7) is 16.5. The molecule has 0 unspecified atom stereocenters. The Morgan fingerprint density at radius 1 is 0.459 bits per heavy atom. The first-order valence-corrected chi connectivity index (χ1v) is 30.9. The van der Waals surface area contributed by atoms with Gasteiger partial charge in [-0.1, -0.05) is 93.9 Å². The number of carbonyl (C=O) groups is 10. The van der Waals surface area contributed by atoms with Crippen molar-refractivity contribution in [1.29, 1.82) is 0 Å². The van der Waals surface area contributed by atoms with Gasteiger partial charge in [-0.25, -0.2) is 0 Å². The maximum atomic E-state index is 14.6. The van der Waals surface area contributed by atoms with Crippen molar-refractivity contribution in [2.75, 3.05) is 26.2 Å². The zero-order chi connectivity index (χ0) is 64.3. The molecule has 0 aliphatic heterocycles. The van der Waals surface area contributed by atoms with Crippen molar-refractivity contribution in [2.24, 2.45) is 69.0 Å². The minimum Gasteiger partial charge on any atom is -0.391 e. The van der Waals surface area contributed by atoms with Crippen LogP contribution in [0.2, 0.25) is 0 Å². The molecule has 10 amide bonds. The van der Waals surface area contributed by atoms with Crippen LogP contribution >= 0.6 is 0 Å².